The largest absolute Gasteiger partial charge is 0.317 e. The highest BCUT2D eigenvalue weighted by molar-refractivity contribution is 5.28. The molecule has 1 saturated heterocycles. The zero-order valence-electron chi connectivity index (χ0n) is 8.42. The van der Waals surface area contributed by atoms with E-state index in [1.165, 1.54) is 50.0 Å². The Kier molecular flexibility index (Phi) is 1.84. The fraction of sp³-hybridized carbons (Fsp3) is 0.583. The van der Waals surface area contributed by atoms with Crippen molar-refractivity contribution in [2.45, 2.75) is 25.7 Å². The second-order valence-electron chi connectivity index (χ2n) is 4.71. The van der Waals surface area contributed by atoms with Crippen LogP contribution >= 0.6 is 0 Å². The van der Waals surface area contributed by atoms with Gasteiger partial charge in [-0.15, -0.1) is 0 Å². The standard InChI is InChI=1S/C12H16N2/c1-2-10-8-12(3-6-13-7-4-12)9-11(10)14-5-1/h1-2,5,13H,3-4,6-9H2. The van der Waals surface area contributed by atoms with E-state index >= 15 is 0 Å². The van der Waals surface area contributed by atoms with Crippen LogP contribution in [0.4, 0.5) is 0 Å². The number of rotatable bonds is 0. The third-order valence-corrected chi connectivity index (χ3v) is 3.76. The Bertz CT molecular complexity index is 313. The van der Waals surface area contributed by atoms with Crippen LogP contribution in [0, 0.1) is 5.41 Å². The molecule has 0 atom stereocenters. The topological polar surface area (TPSA) is 24.9 Å². The summed E-state index contributed by atoms with van der Waals surface area (Å²) < 4.78 is 0. The Morgan fingerprint density at radius 1 is 1.21 bits per heavy atom. The minimum atomic E-state index is 0.557. The molecule has 1 aliphatic carbocycles. The maximum Gasteiger partial charge on any atom is 0.0441 e. The van der Waals surface area contributed by atoms with Crippen LogP contribution in [0.3, 0.4) is 0 Å². The number of fused-ring (bicyclic) bond motifs is 1. The van der Waals surface area contributed by atoms with Gasteiger partial charge < -0.3 is 5.32 Å². The monoisotopic (exact) mass is 188 g/mol. The quantitative estimate of drug-likeness (QED) is 0.668. The molecule has 2 nitrogen and oxygen atoms in total. The zero-order chi connectivity index (χ0) is 9.43. The van der Waals surface area contributed by atoms with Crippen LogP contribution in [0.2, 0.25) is 0 Å². The van der Waals surface area contributed by atoms with E-state index in [1.54, 1.807) is 0 Å². The van der Waals surface area contributed by atoms with E-state index in [0.717, 1.165) is 0 Å². The van der Waals surface area contributed by atoms with Gasteiger partial charge in [-0.3, -0.25) is 4.98 Å². The first-order valence-corrected chi connectivity index (χ1v) is 5.52. The third-order valence-electron chi connectivity index (χ3n) is 3.76. The fourth-order valence-corrected chi connectivity index (χ4v) is 2.92. The first-order valence-electron chi connectivity index (χ1n) is 5.52. The highest BCUT2D eigenvalue weighted by atomic mass is 14.9. The molecular formula is C12H16N2. The van der Waals surface area contributed by atoms with Crippen molar-refractivity contribution in [2.75, 3.05) is 13.1 Å². The summed E-state index contributed by atoms with van der Waals surface area (Å²) in [5.74, 6) is 0. The Balaban J connectivity index is 1.89. The van der Waals surface area contributed by atoms with E-state index in [4.69, 9.17) is 0 Å². The normalized spacial score (nSPS) is 23.7. The van der Waals surface area contributed by atoms with Crippen LogP contribution in [-0.2, 0) is 12.8 Å². The number of hydrogen-bond acceptors (Lipinski definition) is 2. The summed E-state index contributed by atoms with van der Waals surface area (Å²) in [6, 6.07) is 4.32. The molecule has 1 aliphatic heterocycles. The van der Waals surface area contributed by atoms with Gasteiger partial charge in [-0.05, 0) is 55.8 Å². The molecule has 74 valence electrons. The summed E-state index contributed by atoms with van der Waals surface area (Å²) in [5, 5.41) is 3.44. The zero-order valence-corrected chi connectivity index (χ0v) is 8.42. The average Bonchev–Trinajstić information content (AvgIpc) is 2.56. The molecule has 0 bridgehead atoms. The molecule has 14 heavy (non-hydrogen) atoms. The SMILES string of the molecule is c1cnc2c(c1)CC1(CCNCC1)C2. The lowest BCUT2D eigenvalue weighted by atomic mass is 9.77. The highest BCUT2D eigenvalue weighted by Gasteiger charge is 2.38. The lowest BCUT2D eigenvalue weighted by molar-refractivity contribution is 0.215. The van der Waals surface area contributed by atoms with Gasteiger partial charge in [0.25, 0.3) is 0 Å². The average molecular weight is 188 g/mol. The molecule has 0 saturated carbocycles. The van der Waals surface area contributed by atoms with Crippen LogP contribution in [0.25, 0.3) is 0 Å². The molecule has 0 aromatic carbocycles. The maximum atomic E-state index is 4.49. The molecular weight excluding hydrogens is 172 g/mol. The minimum Gasteiger partial charge on any atom is -0.317 e. The minimum absolute atomic E-state index is 0.557. The molecule has 0 amide bonds. The summed E-state index contributed by atoms with van der Waals surface area (Å²) in [6.07, 6.45) is 7.05. The van der Waals surface area contributed by atoms with Gasteiger partial charge in [-0.1, -0.05) is 6.07 Å². The smallest absolute Gasteiger partial charge is 0.0441 e. The summed E-state index contributed by atoms with van der Waals surface area (Å²) in [6.45, 7) is 2.38. The lowest BCUT2D eigenvalue weighted by Crippen LogP contribution is -2.37. The van der Waals surface area contributed by atoms with Gasteiger partial charge in [0.2, 0.25) is 0 Å². The first-order chi connectivity index (χ1) is 6.88. The second-order valence-corrected chi connectivity index (χ2v) is 4.71. The predicted octanol–water partition coefficient (Wildman–Crippen LogP) is 1.55. The van der Waals surface area contributed by atoms with Crippen LogP contribution in [0.1, 0.15) is 24.1 Å². The van der Waals surface area contributed by atoms with Gasteiger partial charge in [0.15, 0.2) is 0 Å². The van der Waals surface area contributed by atoms with Crippen LogP contribution in [0.5, 0.6) is 0 Å². The summed E-state index contributed by atoms with van der Waals surface area (Å²) in [5.41, 5.74) is 3.41. The Hall–Kier alpha value is -0.890. The van der Waals surface area contributed by atoms with E-state index in [9.17, 15) is 0 Å². The van der Waals surface area contributed by atoms with E-state index < -0.39 is 0 Å². The molecule has 1 aromatic rings. The van der Waals surface area contributed by atoms with E-state index in [2.05, 4.69) is 22.4 Å². The van der Waals surface area contributed by atoms with Gasteiger partial charge in [0.1, 0.15) is 0 Å². The second kappa shape index (κ2) is 3.06. The molecule has 0 radical (unpaired) electrons. The molecule has 1 spiro atoms. The number of aromatic nitrogens is 1. The van der Waals surface area contributed by atoms with Crippen molar-refractivity contribution in [2.24, 2.45) is 5.41 Å². The molecule has 2 aliphatic rings. The summed E-state index contributed by atoms with van der Waals surface area (Å²) in [7, 11) is 0. The van der Waals surface area contributed by atoms with Crippen LogP contribution < -0.4 is 5.32 Å². The number of nitrogens with one attached hydrogen (secondary N) is 1. The van der Waals surface area contributed by atoms with Crippen molar-refractivity contribution >= 4 is 0 Å². The summed E-state index contributed by atoms with van der Waals surface area (Å²) in [4.78, 5) is 4.49. The Labute approximate surface area is 84.7 Å². The van der Waals surface area contributed by atoms with Gasteiger partial charge in [-0.25, -0.2) is 0 Å². The van der Waals surface area contributed by atoms with Crippen LogP contribution in [0.15, 0.2) is 18.3 Å². The number of hydrogen-bond donors (Lipinski definition) is 1. The van der Waals surface area contributed by atoms with E-state index in [1.807, 2.05) is 6.20 Å². The molecule has 2 heterocycles. The third kappa shape index (κ3) is 1.25. The molecule has 2 heteroatoms. The molecule has 1 aromatic heterocycles. The van der Waals surface area contributed by atoms with Crippen LogP contribution in [-0.4, -0.2) is 18.1 Å². The van der Waals surface area contributed by atoms with Gasteiger partial charge >= 0.3 is 0 Å². The van der Waals surface area contributed by atoms with E-state index in [-0.39, 0.29) is 0 Å². The fourth-order valence-electron chi connectivity index (χ4n) is 2.92. The van der Waals surface area contributed by atoms with Crippen molar-refractivity contribution in [3.8, 4) is 0 Å². The lowest BCUT2D eigenvalue weighted by Gasteiger charge is -2.33. The number of piperidine rings is 1. The van der Waals surface area contributed by atoms with Gasteiger partial charge in [-0.2, -0.15) is 0 Å². The number of pyridine rings is 1. The Morgan fingerprint density at radius 3 is 2.86 bits per heavy atom. The molecule has 1 N–H and O–H groups in total. The van der Waals surface area contributed by atoms with Crippen molar-refractivity contribution in [1.29, 1.82) is 0 Å². The predicted molar refractivity (Wildman–Crippen MR) is 56.2 cm³/mol. The van der Waals surface area contributed by atoms with Crippen molar-refractivity contribution < 1.29 is 0 Å². The molecule has 0 unspecified atom stereocenters. The van der Waals surface area contributed by atoms with Gasteiger partial charge in [0.05, 0.1) is 0 Å². The first kappa shape index (κ1) is 8.42. The molecule has 3 rings (SSSR count). The maximum absolute atomic E-state index is 4.49. The molecule has 1 fully saturated rings. The Morgan fingerprint density at radius 2 is 2.07 bits per heavy atom. The van der Waals surface area contributed by atoms with Crippen molar-refractivity contribution in [1.82, 2.24) is 10.3 Å². The highest BCUT2D eigenvalue weighted by Crippen LogP contribution is 2.42. The van der Waals surface area contributed by atoms with Crippen molar-refractivity contribution in [3.05, 3.63) is 29.6 Å². The van der Waals surface area contributed by atoms with E-state index in [0.29, 0.717) is 5.41 Å². The van der Waals surface area contributed by atoms with Gasteiger partial charge in [0, 0.05) is 11.9 Å². The van der Waals surface area contributed by atoms with Crippen molar-refractivity contribution in [3.63, 3.8) is 0 Å². The summed E-state index contributed by atoms with van der Waals surface area (Å²) >= 11 is 0. The number of nitrogens with zero attached hydrogens (tertiary/aromatic N) is 1.